The van der Waals surface area contributed by atoms with E-state index in [0.717, 1.165) is 5.39 Å². The lowest BCUT2D eigenvalue weighted by Gasteiger charge is -2.34. The third-order valence-electron chi connectivity index (χ3n) is 4.48. The summed E-state index contributed by atoms with van der Waals surface area (Å²) in [6, 6.07) is 12.3. The molecule has 0 spiro atoms. The maximum Gasteiger partial charge on any atom is 0.116 e. The molecule has 1 aliphatic carbocycles. The van der Waals surface area contributed by atoms with Gasteiger partial charge in [-0.05, 0) is 46.7 Å². The summed E-state index contributed by atoms with van der Waals surface area (Å²) in [7, 11) is 0. The van der Waals surface area contributed by atoms with Gasteiger partial charge < -0.3 is 5.11 Å². The summed E-state index contributed by atoms with van der Waals surface area (Å²) in [5.41, 5.74) is 1.81. The van der Waals surface area contributed by atoms with Crippen LogP contribution in [0.15, 0.2) is 36.4 Å². The van der Waals surface area contributed by atoms with Crippen molar-refractivity contribution in [2.75, 3.05) is 0 Å². The summed E-state index contributed by atoms with van der Waals surface area (Å²) in [6.45, 7) is 2.40. The molecule has 18 heavy (non-hydrogen) atoms. The fraction of sp³-hybridized carbons (Fsp3) is 0.412. The highest BCUT2D eigenvalue weighted by atomic mass is 16.3. The van der Waals surface area contributed by atoms with Gasteiger partial charge in [-0.15, -0.1) is 0 Å². The molecule has 0 bridgehead atoms. The first kappa shape index (κ1) is 11.6. The first-order valence-corrected chi connectivity index (χ1v) is 6.91. The Labute approximate surface area is 108 Å². The van der Waals surface area contributed by atoms with E-state index in [2.05, 4.69) is 25.1 Å². The van der Waals surface area contributed by atoms with Crippen LogP contribution in [0.5, 0.6) is 5.75 Å². The Morgan fingerprint density at radius 3 is 2.33 bits per heavy atom. The van der Waals surface area contributed by atoms with Crippen LogP contribution in [0.25, 0.3) is 10.8 Å². The zero-order valence-electron chi connectivity index (χ0n) is 10.9. The molecule has 1 aliphatic rings. The average molecular weight is 240 g/mol. The standard InChI is InChI=1S/C17H20O/c1-17(9-3-2-4-10-17)15-7-5-14-12-16(18)8-6-13(14)11-15/h5-8,11-12,18H,2-4,9-10H2,1H3. The van der Waals surface area contributed by atoms with Gasteiger partial charge in [0.25, 0.3) is 0 Å². The van der Waals surface area contributed by atoms with E-state index in [-0.39, 0.29) is 0 Å². The Kier molecular flexibility index (Phi) is 2.77. The van der Waals surface area contributed by atoms with E-state index in [1.165, 1.54) is 43.1 Å². The smallest absolute Gasteiger partial charge is 0.116 e. The minimum atomic E-state index is 0.346. The third-order valence-corrected chi connectivity index (χ3v) is 4.48. The Morgan fingerprint density at radius 1 is 0.889 bits per heavy atom. The molecule has 0 aliphatic heterocycles. The quantitative estimate of drug-likeness (QED) is 0.761. The van der Waals surface area contributed by atoms with Crippen LogP contribution < -0.4 is 0 Å². The molecule has 3 rings (SSSR count). The van der Waals surface area contributed by atoms with Gasteiger partial charge in [0.05, 0.1) is 0 Å². The van der Waals surface area contributed by atoms with Gasteiger partial charge in [-0.3, -0.25) is 0 Å². The summed E-state index contributed by atoms with van der Waals surface area (Å²) in [5, 5.41) is 11.9. The zero-order chi connectivity index (χ0) is 12.6. The van der Waals surface area contributed by atoms with E-state index in [0.29, 0.717) is 11.2 Å². The Balaban J connectivity index is 2.05. The highest BCUT2D eigenvalue weighted by Crippen LogP contribution is 2.39. The summed E-state index contributed by atoms with van der Waals surface area (Å²) < 4.78 is 0. The number of phenols is 1. The van der Waals surface area contributed by atoms with Gasteiger partial charge in [0, 0.05) is 0 Å². The lowest BCUT2D eigenvalue weighted by molar-refractivity contribution is 0.320. The minimum absolute atomic E-state index is 0.346. The van der Waals surface area contributed by atoms with Gasteiger partial charge in [0.15, 0.2) is 0 Å². The van der Waals surface area contributed by atoms with E-state index in [1.807, 2.05) is 12.1 Å². The number of aromatic hydroxyl groups is 1. The van der Waals surface area contributed by atoms with Gasteiger partial charge in [0.2, 0.25) is 0 Å². The van der Waals surface area contributed by atoms with Crippen molar-refractivity contribution in [3.8, 4) is 5.75 Å². The number of phenolic OH excluding ortho intramolecular Hbond substituents is 1. The van der Waals surface area contributed by atoms with Crippen LogP contribution in [0.3, 0.4) is 0 Å². The van der Waals surface area contributed by atoms with Gasteiger partial charge in [-0.25, -0.2) is 0 Å². The van der Waals surface area contributed by atoms with E-state index in [1.54, 1.807) is 6.07 Å². The molecule has 2 aromatic rings. The molecule has 1 fully saturated rings. The fourth-order valence-corrected chi connectivity index (χ4v) is 3.23. The molecule has 0 heterocycles. The minimum Gasteiger partial charge on any atom is -0.508 e. The third kappa shape index (κ3) is 1.98. The average Bonchev–Trinajstić information content (AvgIpc) is 2.39. The van der Waals surface area contributed by atoms with Gasteiger partial charge in [0.1, 0.15) is 5.75 Å². The van der Waals surface area contributed by atoms with Crippen molar-refractivity contribution in [3.05, 3.63) is 42.0 Å². The van der Waals surface area contributed by atoms with Crippen molar-refractivity contribution < 1.29 is 5.11 Å². The second-order valence-corrected chi connectivity index (χ2v) is 5.87. The van der Waals surface area contributed by atoms with Crippen LogP contribution in [0.1, 0.15) is 44.6 Å². The fourth-order valence-electron chi connectivity index (χ4n) is 3.23. The number of benzene rings is 2. The molecule has 1 heteroatoms. The Bertz CT molecular complexity index is 565. The predicted octanol–water partition coefficient (Wildman–Crippen LogP) is 4.77. The first-order chi connectivity index (χ1) is 8.67. The molecule has 0 atom stereocenters. The molecular weight excluding hydrogens is 220 g/mol. The van der Waals surface area contributed by atoms with Crippen LogP contribution in [0, 0.1) is 0 Å². The summed E-state index contributed by atoms with van der Waals surface area (Å²) >= 11 is 0. The number of rotatable bonds is 1. The molecule has 94 valence electrons. The molecule has 0 unspecified atom stereocenters. The van der Waals surface area contributed by atoms with Gasteiger partial charge in [-0.2, -0.15) is 0 Å². The molecule has 0 amide bonds. The van der Waals surface area contributed by atoms with Crippen LogP contribution in [-0.2, 0) is 5.41 Å². The summed E-state index contributed by atoms with van der Waals surface area (Å²) in [6.07, 6.45) is 6.69. The maximum absolute atomic E-state index is 9.50. The van der Waals surface area contributed by atoms with E-state index < -0.39 is 0 Å². The van der Waals surface area contributed by atoms with Crippen LogP contribution in [0.4, 0.5) is 0 Å². The van der Waals surface area contributed by atoms with Crippen molar-refractivity contribution in [2.45, 2.75) is 44.4 Å². The normalized spacial score (nSPS) is 18.9. The Morgan fingerprint density at radius 2 is 1.56 bits per heavy atom. The molecule has 1 N–H and O–H groups in total. The van der Waals surface area contributed by atoms with Crippen molar-refractivity contribution in [1.82, 2.24) is 0 Å². The molecule has 2 aromatic carbocycles. The lowest BCUT2D eigenvalue weighted by Crippen LogP contribution is -2.24. The number of hydrogen-bond acceptors (Lipinski definition) is 1. The molecule has 1 nitrogen and oxygen atoms in total. The van der Waals surface area contributed by atoms with Crippen LogP contribution >= 0.6 is 0 Å². The maximum atomic E-state index is 9.50. The van der Waals surface area contributed by atoms with Crippen molar-refractivity contribution in [2.24, 2.45) is 0 Å². The predicted molar refractivity (Wildman–Crippen MR) is 76.0 cm³/mol. The van der Waals surface area contributed by atoms with Crippen molar-refractivity contribution >= 4 is 10.8 Å². The van der Waals surface area contributed by atoms with Gasteiger partial charge >= 0.3 is 0 Å². The van der Waals surface area contributed by atoms with E-state index >= 15 is 0 Å². The molecule has 0 radical (unpaired) electrons. The van der Waals surface area contributed by atoms with Gasteiger partial charge in [-0.1, -0.05) is 50.5 Å². The number of fused-ring (bicyclic) bond motifs is 1. The molecular formula is C17H20O. The number of hydrogen-bond donors (Lipinski definition) is 1. The second kappa shape index (κ2) is 4.31. The lowest BCUT2D eigenvalue weighted by atomic mass is 9.71. The highest BCUT2D eigenvalue weighted by Gasteiger charge is 2.28. The molecule has 0 saturated heterocycles. The van der Waals surface area contributed by atoms with E-state index in [4.69, 9.17) is 0 Å². The zero-order valence-corrected chi connectivity index (χ0v) is 10.9. The monoisotopic (exact) mass is 240 g/mol. The van der Waals surface area contributed by atoms with Crippen LogP contribution in [0.2, 0.25) is 0 Å². The molecule has 1 saturated carbocycles. The van der Waals surface area contributed by atoms with E-state index in [9.17, 15) is 5.11 Å². The SMILES string of the molecule is CC1(c2ccc3cc(O)ccc3c2)CCCCC1. The Hall–Kier alpha value is -1.50. The highest BCUT2D eigenvalue weighted by molar-refractivity contribution is 5.84. The van der Waals surface area contributed by atoms with Crippen molar-refractivity contribution in [3.63, 3.8) is 0 Å². The molecule has 0 aromatic heterocycles. The summed E-state index contributed by atoms with van der Waals surface area (Å²) in [4.78, 5) is 0. The first-order valence-electron chi connectivity index (χ1n) is 6.91. The van der Waals surface area contributed by atoms with Crippen molar-refractivity contribution in [1.29, 1.82) is 0 Å². The largest absolute Gasteiger partial charge is 0.508 e. The van der Waals surface area contributed by atoms with Crippen LogP contribution in [-0.4, -0.2) is 5.11 Å². The summed E-state index contributed by atoms with van der Waals surface area (Å²) in [5.74, 6) is 0.346. The topological polar surface area (TPSA) is 20.2 Å². The second-order valence-electron chi connectivity index (χ2n) is 5.87.